The Bertz CT molecular complexity index is 563. The lowest BCUT2D eigenvalue weighted by Gasteiger charge is -2.20. The Hall–Kier alpha value is -0.870. The summed E-state index contributed by atoms with van der Waals surface area (Å²) in [5.41, 5.74) is 5.53. The number of rotatable bonds is 4. The zero-order valence-corrected chi connectivity index (χ0v) is 13.9. The van der Waals surface area contributed by atoms with Crippen molar-refractivity contribution in [2.75, 3.05) is 7.05 Å². The average molecular weight is 365 g/mol. The minimum absolute atomic E-state index is 0.368. The molecule has 0 bridgehead atoms. The Balaban J connectivity index is 2.31. The summed E-state index contributed by atoms with van der Waals surface area (Å²) in [6, 6.07) is 15.5. The van der Waals surface area contributed by atoms with Crippen LogP contribution in [0.1, 0.15) is 28.3 Å². The first-order valence-corrected chi connectivity index (χ1v) is 7.68. The van der Waals surface area contributed by atoms with Crippen LogP contribution in [0.15, 0.2) is 42.5 Å². The molecule has 1 atom stereocenters. The molecule has 19 heavy (non-hydrogen) atoms. The molecule has 0 saturated heterocycles. The zero-order chi connectivity index (χ0) is 13.8. The van der Waals surface area contributed by atoms with E-state index >= 15 is 0 Å². The third-order valence-electron chi connectivity index (χ3n) is 3.63. The van der Waals surface area contributed by atoms with Gasteiger partial charge in [-0.15, -0.1) is 0 Å². The number of hydrogen-bond acceptors (Lipinski definition) is 1. The van der Waals surface area contributed by atoms with E-state index in [1.807, 2.05) is 7.05 Å². The monoisotopic (exact) mass is 365 g/mol. The molecule has 2 aromatic carbocycles. The number of aryl methyl sites for hydroxylation is 2. The molecular weight excluding hydrogens is 345 g/mol. The minimum Gasteiger partial charge on any atom is -0.313 e. The molecule has 0 aliphatic carbocycles. The molecule has 0 radical (unpaired) electrons. The molecule has 0 aliphatic heterocycles. The number of benzene rings is 2. The molecule has 1 nitrogen and oxygen atoms in total. The van der Waals surface area contributed by atoms with Gasteiger partial charge in [0, 0.05) is 9.61 Å². The third kappa shape index (κ3) is 3.37. The minimum atomic E-state index is 0.368. The van der Waals surface area contributed by atoms with E-state index in [0.717, 1.165) is 6.42 Å². The Morgan fingerprint density at radius 3 is 2.37 bits per heavy atom. The number of halogens is 1. The summed E-state index contributed by atoms with van der Waals surface area (Å²) in [6.45, 7) is 4.36. The first-order valence-electron chi connectivity index (χ1n) is 6.60. The predicted molar refractivity (Wildman–Crippen MR) is 90.6 cm³/mol. The van der Waals surface area contributed by atoms with Gasteiger partial charge in [0.25, 0.3) is 0 Å². The third-order valence-corrected chi connectivity index (χ3v) is 5.10. The van der Waals surface area contributed by atoms with E-state index in [1.165, 1.54) is 25.8 Å². The maximum Gasteiger partial charge on any atom is 0.0369 e. The molecule has 0 amide bonds. The number of likely N-dealkylation sites (N-methyl/N-ethyl adjacent to an activating group) is 1. The zero-order valence-electron chi connectivity index (χ0n) is 11.7. The summed E-state index contributed by atoms with van der Waals surface area (Å²) in [7, 11) is 2.04. The molecule has 0 fully saturated rings. The van der Waals surface area contributed by atoms with Gasteiger partial charge in [0.15, 0.2) is 0 Å². The number of hydrogen-bond donors (Lipinski definition) is 1. The van der Waals surface area contributed by atoms with Crippen LogP contribution in [0, 0.1) is 17.4 Å². The second kappa shape index (κ2) is 6.53. The van der Waals surface area contributed by atoms with Crippen molar-refractivity contribution in [1.29, 1.82) is 0 Å². The van der Waals surface area contributed by atoms with Crippen molar-refractivity contribution in [2.45, 2.75) is 26.3 Å². The van der Waals surface area contributed by atoms with Gasteiger partial charge in [0.1, 0.15) is 0 Å². The molecule has 1 unspecified atom stereocenters. The van der Waals surface area contributed by atoms with Crippen molar-refractivity contribution in [3.63, 3.8) is 0 Å². The highest BCUT2D eigenvalue weighted by Gasteiger charge is 2.14. The summed E-state index contributed by atoms with van der Waals surface area (Å²) >= 11 is 2.45. The Labute approximate surface area is 129 Å². The highest BCUT2D eigenvalue weighted by Crippen LogP contribution is 2.26. The van der Waals surface area contributed by atoms with Crippen molar-refractivity contribution in [3.8, 4) is 0 Å². The van der Waals surface area contributed by atoms with Crippen molar-refractivity contribution in [3.05, 3.63) is 68.3 Å². The molecule has 0 saturated carbocycles. The lowest BCUT2D eigenvalue weighted by atomic mass is 9.95. The van der Waals surface area contributed by atoms with Crippen molar-refractivity contribution in [2.24, 2.45) is 0 Å². The molecule has 2 heteroatoms. The molecule has 0 aromatic heterocycles. The van der Waals surface area contributed by atoms with Crippen LogP contribution in [-0.2, 0) is 6.42 Å². The first-order chi connectivity index (χ1) is 9.13. The van der Waals surface area contributed by atoms with Gasteiger partial charge in [0.05, 0.1) is 0 Å². The van der Waals surface area contributed by atoms with Gasteiger partial charge in [-0.05, 0) is 72.2 Å². The normalized spacial score (nSPS) is 12.4. The van der Waals surface area contributed by atoms with Crippen molar-refractivity contribution in [1.82, 2.24) is 5.32 Å². The number of nitrogens with one attached hydrogen (secondary N) is 1. The van der Waals surface area contributed by atoms with Gasteiger partial charge in [-0.3, -0.25) is 0 Å². The standard InChI is InChI=1S/C17H20IN/c1-12-7-4-5-9-14(12)11-16(19-3)15-10-6-8-13(2)17(15)18/h4-10,16,19H,11H2,1-3H3. The quantitative estimate of drug-likeness (QED) is 0.792. The van der Waals surface area contributed by atoms with E-state index in [9.17, 15) is 0 Å². The summed E-state index contributed by atoms with van der Waals surface area (Å²) < 4.78 is 1.37. The topological polar surface area (TPSA) is 12.0 Å². The second-order valence-electron chi connectivity index (χ2n) is 4.95. The van der Waals surface area contributed by atoms with Gasteiger partial charge >= 0.3 is 0 Å². The molecule has 0 aliphatic rings. The van der Waals surface area contributed by atoms with Crippen LogP contribution in [0.2, 0.25) is 0 Å². The first kappa shape index (κ1) is 14.5. The highest BCUT2D eigenvalue weighted by atomic mass is 127. The van der Waals surface area contributed by atoms with E-state index in [1.54, 1.807) is 0 Å². The van der Waals surface area contributed by atoms with E-state index in [-0.39, 0.29) is 0 Å². The smallest absolute Gasteiger partial charge is 0.0369 e. The summed E-state index contributed by atoms with van der Waals surface area (Å²) in [5, 5.41) is 3.46. The lowest BCUT2D eigenvalue weighted by molar-refractivity contribution is 0.587. The molecule has 2 aromatic rings. The van der Waals surface area contributed by atoms with Crippen LogP contribution in [0.5, 0.6) is 0 Å². The summed E-state index contributed by atoms with van der Waals surface area (Å²) in [4.78, 5) is 0. The summed E-state index contributed by atoms with van der Waals surface area (Å²) in [6.07, 6.45) is 1.03. The van der Waals surface area contributed by atoms with Crippen LogP contribution in [0.25, 0.3) is 0 Å². The van der Waals surface area contributed by atoms with Crippen LogP contribution in [-0.4, -0.2) is 7.05 Å². The largest absolute Gasteiger partial charge is 0.313 e. The average Bonchev–Trinajstić information content (AvgIpc) is 2.41. The molecule has 2 rings (SSSR count). The van der Waals surface area contributed by atoms with E-state index in [0.29, 0.717) is 6.04 Å². The van der Waals surface area contributed by atoms with Crippen molar-refractivity contribution >= 4 is 22.6 Å². The van der Waals surface area contributed by atoms with Crippen LogP contribution in [0.3, 0.4) is 0 Å². The maximum absolute atomic E-state index is 3.46. The Morgan fingerprint density at radius 2 is 1.68 bits per heavy atom. The van der Waals surface area contributed by atoms with Gasteiger partial charge in [-0.2, -0.15) is 0 Å². The van der Waals surface area contributed by atoms with Gasteiger partial charge < -0.3 is 5.32 Å². The summed E-state index contributed by atoms with van der Waals surface area (Å²) in [5.74, 6) is 0. The second-order valence-corrected chi connectivity index (χ2v) is 6.03. The van der Waals surface area contributed by atoms with Gasteiger partial charge in [-0.25, -0.2) is 0 Å². The van der Waals surface area contributed by atoms with Crippen LogP contribution < -0.4 is 5.32 Å². The lowest BCUT2D eigenvalue weighted by Crippen LogP contribution is -2.20. The highest BCUT2D eigenvalue weighted by molar-refractivity contribution is 14.1. The van der Waals surface area contributed by atoms with E-state index < -0.39 is 0 Å². The molecule has 1 N–H and O–H groups in total. The predicted octanol–water partition coefficient (Wildman–Crippen LogP) is 4.41. The SMILES string of the molecule is CNC(Cc1ccccc1C)c1cccc(C)c1I. The maximum atomic E-state index is 3.46. The van der Waals surface area contributed by atoms with E-state index in [4.69, 9.17) is 0 Å². The fourth-order valence-electron chi connectivity index (χ4n) is 2.37. The van der Waals surface area contributed by atoms with Crippen LogP contribution >= 0.6 is 22.6 Å². The van der Waals surface area contributed by atoms with Gasteiger partial charge in [-0.1, -0.05) is 42.5 Å². The molecular formula is C17H20IN. The molecule has 0 heterocycles. The fourth-order valence-corrected chi connectivity index (χ4v) is 3.10. The van der Waals surface area contributed by atoms with E-state index in [2.05, 4.69) is 84.2 Å². The van der Waals surface area contributed by atoms with Gasteiger partial charge in [0.2, 0.25) is 0 Å². The van der Waals surface area contributed by atoms with Crippen LogP contribution in [0.4, 0.5) is 0 Å². The molecule has 100 valence electrons. The molecule has 0 spiro atoms. The fraction of sp³-hybridized carbons (Fsp3) is 0.294. The Kier molecular flexibility index (Phi) is 4.99. The van der Waals surface area contributed by atoms with Crippen molar-refractivity contribution < 1.29 is 0 Å². The Morgan fingerprint density at radius 1 is 1.00 bits per heavy atom.